The third-order valence-corrected chi connectivity index (χ3v) is 5.16. The largest absolute Gasteiger partial charge is 0.342 e. The molecule has 0 atom stereocenters. The number of carbonyl (C=O) groups is 1. The predicted molar refractivity (Wildman–Crippen MR) is 100 cm³/mol. The zero-order valence-electron chi connectivity index (χ0n) is 12.8. The molecule has 22 heavy (non-hydrogen) atoms. The Hall–Kier alpha value is -0.330. The maximum Gasteiger partial charge on any atom is 0.226 e. The van der Waals surface area contributed by atoms with Crippen molar-refractivity contribution in [2.45, 2.75) is 38.1 Å². The highest BCUT2D eigenvalue weighted by atomic mass is 127. The summed E-state index contributed by atoms with van der Waals surface area (Å²) < 4.78 is 1.20. The summed E-state index contributed by atoms with van der Waals surface area (Å²) in [5.41, 5.74) is 1.13. The summed E-state index contributed by atoms with van der Waals surface area (Å²) >= 11 is 2.30. The molecule has 3 rings (SSSR count). The van der Waals surface area contributed by atoms with Gasteiger partial charge >= 0.3 is 0 Å². The summed E-state index contributed by atoms with van der Waals surface area (Å²) in [5.74, 6) is 1.21. The first kappa shape index (κ1) is 18.0. The number of halogens is 2. The van der Waals surface area contributed by atoms with Crippen LogP contribution in [0.2, 0.25) is 0 Å². The zero-order valence-corrected chi connectivity index (χ0v) is 15.7. The van der Waals surface area contributed by atoms with Crippen molar-refractivity contribution in [2.75, 3.05) is 19.6 Å². The zero-order chi connectivity index (χ0) is 14.7. The predicted octanol–water partition coefficient (Wildman–Crippen LogP) is 3.25. The second kappa shape index (κ2) is 8.50. The van der Waals surface area contributed by atoms with Crippen LogP contribution < -0.4 is 5.32 Å². The summed E-state index contributed by atoms with van der Waals surface area (Å²) in [6, 6.07) is 8.85. The summed E-state index contributed by atoms with van der Waals surface area (Å²) in [6.45, 7) is 3.00. The van der Waals surface area contributed by atoms with E-state index < -0.39 is 0 Å². The highest BCUT2D eigenvalue weighted by molar-refractivity contribution is 14.1. The number of nitrogens with one attached hydrogen (secondary N) is 1. The van der Waals surface area contributed by atoms with Gasteiger partial charge in [-0.25, -0.2) is 0 Å². The first-order chi connectivity index (χ1) is 10.2. The Balaban J connectivity index is 0.00000176. The SMILES string of the molecule is Cl.O=C(Cc1cccc(I)c1)N1CCC(NCC2CC2)CC1. The lowest BCUT2D eigenvalue weighted by atomic mass is 10.0. The normalized spacial score (nSPS) is 18.9. The van der Waals surface area contributed by atoms with Gasteiger partial charge in [0.1, 0.15) is 0 Å². The van der Waals surface area contributed by atoms with Crippen LogP contribution in [0, 0.1) is 9.49 Å². The number of carbonyl (C=O) groups excluding carboxylic acids is 1. The molecule has 1 aromatic rings. The van der Waals surface area contributed by atoms with Gasteiger partial charge in [-0.1, -0.05) is 12.1 Å². The Morgan fingerprint density at radius 3 is 2.59 bits per heavy atom. The lowest BCUT2D eigenvalue weighted by molar-refractivity contribution is -0.131. The number of piperidine rings is 1. The van der Waals surface area contributed by atoms with Crippen LogP contribution in [0.25, 0.3) is 0 Å². The van der Waals surface area contributed by atoms with Gasteiger partial charge in [0, 0.05) is 22.7 Å². The smallest absolute Gasteiger partial charge is 0.226 e. The molecule has 1 saturated carbocycles. The summed E-state index contributed by atoms with van der Waals surface area (Å²) in [4.78, 5) is 14.4. The van der Waals surface area contributed by atoms with Crippen LogP contribution in [0.4, 0.5) is 0 Å². The minimum Gasteiger partial charge on any atom is -0.342 e. The van der Waals surface area contributed by atoms with Crippen LogP contribution in [0.5, 0.6) is 0 Å². The third-order valence-electron chi connectivity index (χ3n) is 4.48. The number of nitrogens with zero attached hydrogens (tertiary/aromatic N) is 1. The average Bonchev–Trinajstić information content (AvgIpc) is 3.30. The molecule has 3 nitrogen and oxygen atoms in total. The fourth-order valence-corrected chi connectivity index (χ4v) is 3.53. The molecule has 0 bridgehead atoms. The molecule has 1 amide bonds. The van der Waals surface area contributed by atoms with Crippen molar-refractivity contribution < 1.29 is 4.79 Å². The van der Waals surface area contributed by atoms with Crippen molar-refractivity contribution in [2.24, 2.45) is 5.92 Å². The number of amides is 1. The topological polar surface area (TPSA) is 32.3 Å². The number of rotatable bonds is 5. The molecule has 5 heteroatoms. The van der Waals surface area contributed by atoms with Crippen molar-refractivity contribution in [3.63, 3.8) is 0 Å². The lowest BCUT2D eigenvalue weighted by Gasteiger charge is -2.32. The van der Waals surface area contributed by atoms with Crippen molar-refractivity contribution in [3.8, 4) is 0 Å². The average molecular weight is 435 g/mol. The molecule has 0 radical (unpaired) electrons. The molecule has 2 aliphatic rings. The molecular formula is C17H24ClIN2O. The number of hydrogen-bond acceptors (Lipinski definition) is 2. The van der Waals surface area contributed by atoms with Crippen LogP contribution in [0.15, 0.2) is 24.3 Å². The van der Waals surface area contributed by atoms with Gasteiger partial charge in [-0.2, -0.15) is 0 Å². The van der Waals surface area contributed by atoms with Crippen LogP contribution in [-0.2, 0) is 11.2 Å². The lowest BCUT2D eigenvalue weighted by Crippen LogP contribution is -2.45. The molecular weight excluding hydrogens is 411 g/mol. The maximum absolute atomic E-state index is 12.4. The van der Waals surface area contributed by atoms with Gasteiger partial charge in [0.2, 0.25) is 5.91 Å². The Morgan fingerprint density at radius 2 is 1.95 bits per heavy atom. The first-order valence-corrected chi connectivity index (χ1v) is 9.04. The fourth-order valence-electron chi connectivity index (χ4n) is 2.92. The molecule has 122 valence electrons. The third kappa shape index (κ3) is 5.39. The molecule has 1 saturated heterocycles. The molecule has 0 aromatic heterocycles. The van der Waals surface area contributed by atoms with Crippen LogP contribution in [0.1, 0.15) is 31.2 Å². The molecule has 1 heterocycles. The van der Waals surface area contributed by atoms with Crippen LogP contribution >= 0.6 is 35.0 Å². The van der Waals surface area contributed by atoms with Gasteiger partial charge in [0.25, 0.3) is 0 Å². The van der Waals surface area contributed by atoms with E-state index in [9.17, 15) is 4.79 Å². The van der Waals surface area contributed by atoms with Gasteiger partial charge < -0.3 is 10.2 Å². The Morgan fingerprint density at radius 1 is 1.23 bits per heavy atom. The fraction of sp³-hybridized carbons (Fsp3) is 0.588. The minimum atomic E-state index is 0. The number of benzene rings is 1. The molecule has 1 aliphatic carbocycles. The second-order valence-corrected chi connectivity index (χ2v) is 7.56. The van der Waals surface area contributed by atoms with Gasteiger partial charge in [0.15, 0.2) is 0 Å². The molecule has 1 N–H and O–H groups in total. The Labute approximate surface area is 152 Å². The van der Waals surface area contributed by atoms with Crippen LogP contribution in [0.3, 0.4) is 0 Å². The van der Waals surface area contributed by atoms with Crippen molar-refractivity contribution in [1.82, 2.24) is 10.2 Å². The van der Waals surface area contributed by atoms with E-state index in [-0.39, 0.29) is 18.3 Å². The monoisotopic (exact) mass is 434 g/mol. The molecule has 1 aliphatic heterocycles. The standard InChI is InChI=1S/C17H23IN2O.ClH/c18-15-3-1-2-14(10-15)11-17(21)20-8-6-16(7-9-20)19-12-13-4-5-13;/h1-3,10,13,16,19H,4-9,11-12H2;1H. The van der Waals surface area contributed by atoms with Crippen molar-refractivity contribution in [3.05, 3.63) is 33.4 Å². The highest BCUT2D eigenvalue weighted by Crippen LogP contribution is 2.28. The van der Waals surface area contributed by atoms with E-state index in [2.05, 4.69) is 40.0 Å². The second-order valence-electron chi connectivity index (χ2n) is 6.31. The first-order valence-electron chi connectivity index (χ1n) is 7.96. The van der Waals surface area contributed by atoms with Crippen molar-refractivity contribution in [1.29, 1.82) is 0 Å². The van der Waals surface area contributed by atoms with Crippen LogP contribution in [-0.4, -0.2) is 36.5 Å². The number of hydrogen-bond donors (Lipinski definition) is 1. The molecule has 0 unspecified atom stereocenters. The van der Waals surface area contributed by atoms with Gasteiger partial charge in [0.05, 0.1) is 6.42 Å². The number of likely N-dealkylation sites (tertiary alicyclic amines) is 1. The highest BCUT2D eigenvalue weighted by Gasteiger charge is 2.25. The molecule has 1 aromatic carbocycles. The summed E-state index contributed by atoms with van der Waals surface area (Å²) in [7, 11) is 0. The van der Waals surface area contributed by atoms with E-state index in [1.165, 1.54) is 23.0 Å². The van der Waals surface area contributed by atoms with Gasteiger partial charge in [-0.05, 0) is 78.4 Å². The van der Waals surface area contributed by atoms with Gasteiger partial charge in [-0.3, -0.25) is 4.79 Å². The summed E-state index contributed by atoms with van der Waals surface area (Å²) in [6.07, 6.45) is 5.55. The van der Waals surface area contributed by atoms with E-state index in [0.717, 1.165) is 37.4 Å². The maximum atomic E-state index is 12.4. The van der Waals surface area contributed by atoms with E-state index in [4.69, 9.17) is 0 Å². The van der Waals surface area contributed by atoms with E-state index in [1.54, 1.807) is 0 Å². The van der Waals surface area contributed by atoms with Gasteiger partial charge in [-0.15, -0.1) is 12.4 Å². The van der Waals surface area contributed by atoms with Crippen molar-refractivity contribution >= 4 is 40.9 Å². The van der Waals surface area contributed by atoms with E-state index >= 15 is 0 Å². The van der Waals surface area contributed by atoms with E-state index in [1.807, 2.05) is 17.0 Å². The Kier molecular flexibility index (Phi) is 6.96. The molecule has 2 fully saturated rings. The molecule has 0 spiro atoms. The summed E-state index contributed by atoms with van der Waals surface area (Å²) in [5, 5.41) is 3.66. The quantitative estimate of drug-likeness (QED) is 0.722. The minimum absolute atomic E-state index is 0. The van der Waals surface area contributed by atoms with E-state index in [0.29, 0.717) is 12.5 Å². The Bertz CT molecular complexity index is 499.